The van der Waals surface area contributed by atoms with Gasteiger partial charge in [-0.25, -0.2) is 0 Å². The molecular formula is C26H24Cl2F3N4O3. The number of carbonyl (C=O) groups is 1. The van der Waals surface area contributed by atoms with Gasteiger partial charge in [-0.15, -0.1) is 10.2 Å². The lowest BCUT2D eigenvalue weighted by molar-refractivity contribution is -0.146. The Morgan fingerprint density at radius 3 is 2.71 bits per heavy atom. The van der Waals surface area contributed by atoms with Gasteiger partial charge in [-0.2, -0.15) is 13.2 Å². The fourth-order valence-electron chi connectivity index (χ4n) is 4.94. The van der Waals surface area contributed by atoms with E-state index in [-0.39, 0.29) is 39.9 Å². The predicted molar refractivity (Wildman–Crippen MR) is 134 cm³/mol. The topological polar surface area (TPSA) is 78.3 Å². The van der Waals surface area contributed by atoms with Crippen molar-refractivity contribution in [3.63, 3.8) is 0 Å². The molecule has 1 aromatic heterocycles. The summed E-state index contributed by atoms with van der Waals surface area (Å²) < 4.78 is 54.9. The molecule has 0 bridgehead atoms. The molecule has 2 aliphatic rings. The molecule has 38 heavy (non-hydrogen) atoms. The van der Waals surface area contributed by atoms with Crippen LogP contribution in [0.15, 0.2) is 36.4 Å². The van der Waals surface area contributed by atoms with E-state index in [1.165, 1.54) is 25.3 Å². The highest BCUT2D eigenvalue weighted by Gasteiger charge is 2.43. The number of ether oxygens (including phenoxy) is 2. The van der Waals surface area contributed by atoms with E-state index in [2.05, 4.69) is 15.5 Å². The van der Waals surface area contributed by atoms with Gasteiger partial charge in [0.15, 0.2) is 5.82 Å². The van der Waals surface area contributed by atoms with Crippen LogP contribution >= 0.6 is 23.2 Å². The average molecular weight is 568 g/mol. The van der Waals surface area contributed by atoms with Gasteiger partial charge in [0.05, 0.1) is 24.2 Å². The van der Waals surface area contributed by atoms with E-state index in [1.54, 1.807) is 18.2 Å². The number of carbonyl (C=O) groups excluding carboxylic acids is 1. The maximum Gasteiger partial charge on any atom is 0.452 e. The molecule has 1 saturated carbocycles. The van der Waals surface area contributed by atoms with Crippen LogP contribution in [-0.4, -0.2) is 33.8 Å². The van der Waals surface area contributed by atoms with Crippen LogP contribution in [0.2, 0.25) is 10.0 Å². The number of rotatable bonds is 5. The second-order valence-corrected chi connectivity index (χ2v) is 10.00. The van der Waals surface area contributed by atoms with Crippen molar-refractivity contribution in [1.29, 1.82) is 0 Å². The highest BCUT2D eigenvalue weighted by Crippen LogP contribution is 2.46. The fourth-order valence-corrected chi connectivity index (χ4v) is 5.42. The lowest BCUT2D eigenvalue weighted by Gasteiger charge is -2.26. The average Bonchev–Trinajstić information content (AvgIpc) is 3.29. The van der Waals surface area contributed by atoms with Gasteiger partial charge in [-0.05, 0) is 43.5 Å². The summed E-state index contributed by atoms with van der Waals surface area (Å²) in [6.07, 6.45) is -1.50. The van der Waals surface area contributed by atoms with E-state index in [1.807, 2.05) is 6.42 Å². The molecule has 2 aromatic carbocycles. The molecule has 1 aliphatic carbocycles. The predicted octanol–water partition coefficient (Wildman–Crippen LogP) is 6.42. The molecule has 2 heterocycles. The van der Waals surface area contributed by atoms with E-state index in [9.17, 15) is 18.0 Å². The molecule has 1 amide bonds. The summed E-state index contributed by atoms with van der Waals surface area (Å²) in [6.45, 7) is 0. The van der Waals surface area contributed by atoms with Gasteiger partial charge in [0, 0.05) is 22.2 Å². The number of amides is 1. The van der Waals surface area contributed by atoms with Crippen LogP contribution in [0.5, 0.6) is 5.75 Å². The zero-order valence-electron chi connectivity index (χ0n) is 20.3. The maximum absolute atomic E-state index is 14.1. The smallest absolute Gasteiger partial charge is 0.452 e. The number of halogens is 5. The van der Waals surface area contributed by atoms with Crippen molar-refractivity contribution >= 4 is 29.1 Å². The molecule has 12 heteroatoms. The summed E-state index contributed by atoms with van der Waals surface area (Å²) in [5, 5.41) is 10.7. The van der Waals surface area contributed by atoms with Gasteiger partial charge < -0.3 is 14.8 Å². The Morgan fingerprint density at radius 2 is 2.00 bits per heavy atom. The Morgan fingerprint density at radius 1 is 1.18 bits per heavy atom. The summed E-state index contributed by atoms with van der Waals surface area (Å²) in [7, 11) is 1.45. The number of alkyl halides is 3. The molecule has 0 unspecified atom stereocenters. The van der Waals surface area contributed by atoms with Crippen molar-refractivity contribution in [3.8, 4) is 11.4 Å². The molecule has 1 fully saturated rings. The number of aromatic nitrogens is 3. The zero-order chi connectivity index (χ0) is 27.0. The molecule has 5 rings (SSSR count). The van der Waals surface area contributed by atoms with Crippen molar-refractivity contribution in [2.75, 3.05) is 7.11 Å². The normalized spacial score (nSPS) is 19.8. The van der Waals surface area contributed by atoms with Crippen molar-refractivity contribution < 1.29 is 27.4 Å². The Hall–Kier alpha value is -2.82. The van der Waals surface area contributed by atoms with E-state index in [0.29, 0.717) is 16.9 Å². The first-order chi connectivity index (χ1) is 18.2. The van der Waals surface area contributed by atoms with E-state index in [0.717, 1.165) is 30.3 Å². The lowest BCUT2D eigenvalue weighted by Crippen LogP contribution is -2.37. The third-order valence-electron chi connectivity index (χ3n) is 6.68. The second kappa shape index (κ2) is 10.7. The minimum atomic E-state index is -4.82. The summed E-state index contributed by atoms with van der Waals surface area (Å²) in [6, 6.07) is 9.37. The second-order valence-electron chi connectivity index (χ2n) is 9.18. The number of nitrogens with zero attached hydrogens (tertiary/aromatic N) is 3. The molecular weight excluding hydrogens is 544 g/mol. The molecule has 7 nitrogen and oxygen atoms in total. The Balaban J connectivity index is 1.63. The highest BCUT2D eigenvalue weighted by atomic mass is 35.5. The van der Waals surface area contributed by atoms with Gasteiger partial charge >= 0.3 is 6.18 Å². The van der Waals surface area contributed by atoms with Gasteiger partial charge in [0.2, 0.25) is 11.7 Å². The first-order valence-electron chi connectivity index (χ1n) is 12.1. The molecule has 3 atom stereocenters. The SMILES string of the molecule is COc1cccc([C@@H]2O[C@@H](CC(=O)N[C@H]3[CH]CCCC3)c3nnc(C(F)(F)F)n3-c3ccc(Cl)cc32)c1Cl. The standard InChI is InChI=1S/C26H24Cl2F3N4O3/c1-37-19-9-5-8-16(22(19)28)23-17-12-14(27)10-11-18(17)35-24(33-34-25(35)26(29,30)31)20(38-23)13-21(36)32-15-6-3-2-4-7-15/h5-6,8-12,15,20,23H,2-4,7,13H2,1H3,(H,32,36)/t15-,20-,23-/m0/s1. The highest BCUT2D eigenvalue weighted by molar-refractivity contribution is 6.33. The number of benzene rings is 2. The third-order valence-corrected chi connectivity index (χ3v) is 7.32. The Kier molecular flexibility index (Phi) is 7.57. The van der Waals surface area contributed by atoms with Crippen LogP contribution in [0.1, 0.15) is 67.1 Å². The molecule has 3 aromatic rings. The number of hydrogen-bond donors (Lipinski definition) is 1. The van der Waals surface area contributed by atoms with Crippen molar-refractivity contribution in [1.82, 2.24) is 20.1 Å². The summed E-state index contributed by atoms with van der Waals surface area (Å²) in [4.78, 5) is 13.1. The Labute approximate surface area is 227 Å². The molecule has 1 N–H and O–H groups in total. The van der Waals surface area contributed by atoms with Crippen molar-refractivity contribution in [3.05, 3.63) is 75.6 Å². The van der Waals surface area contributed by atoms with Gasteiger partial charge in [0.25, 0.3) is 0 Å². The molecule has 1 radical (unpaired) electrons. The third kappa shape index (κ3) is 5.21. The number of methoxy groups -OCH3 is 1. The molecule has 0 spiro atoms. The number of fused-ring (bicyclic) bond motifs is 3. The number of nitrogens with one attached hydrogen (secondary N) is 1. The zero-order valence-corrected chi connectivity index (χ0v) is 21.8. The van der Waals surface area contributed by atoms with Crippen molar-refractivity contribution in [2.45, 2.75) is 56.5 Å². The first kappa shape index (κ1) is 26.8. The number of hydrogen-bond acceptors (Lipinski definition) is 5. The van der Waals surface area contributed by atoms with Crippen LogP contribution in [0.3, 0.4) is 0 Å². The van der Waals surface area contributed by atoms with Crippen LogP contribution in [0.25, 0.3) is 5.69 Å². The first-order valence-corrected chi connectivity index (χ1v) is 12.9. The quantitative estimate of drug-likeness (QED) is 0.385. The minimum Gasteiger partial charge on any atom is -0.495 e. The van der Waals surface area contributed by atoms with Crippen molar-refractivity contribution in [2.24, 2.45) is 0 Å². The van der Waals surface area contributed by atoms with E-state index in [4.69, 9.17) is 32.7 Å². The maximum atomic E-state index is 14.1. The fraction of sp³-hybridized carbons (Fsp3) is 0.385. The van der Waals surface area contributed by atoms with E-state index >= 15 is 0 Å². The lowest BCUT2D eigenvalue weighted by atomic mass is 9.95. The van der Waals surface area contributed by atoms with Crippen LogP contribution in [0, 0.1) is 6.42 Å². The monoisotopic (exact) mass is 567 g/mol. The van der Waals surface area contributed by atoms with Crippen LogP contribution in [0.4, 0.5) is 13.2 Å². The molecule has 201 valence electrons. The van der Waals surface area contributed by atoms with Gasteiger partial charge in [-0.1, -0.05) is 48.2 Å². The summed E-state index contributed by atoms with van der Waals surface area (Å²) in [5.41, 5.74) is 0.865. The van der Waals surface area contributed by atoms with Gasteiger partial charge in [-0.3, -0.25) is 9.36 Å². The summed E-state index contributed by atoms with van der Waals surface area (Å²) >= 11 is 12.9. The summed E-state index contributed by atoms with van der Waals surface area (Å²) in [5.74, 6) is -1.40. The minimum absolute atomic E-state index is 0.106. The van der Waals surface area contributed by atoms with Gasteiger partial charge in [0.1, 0.15) is 18.0 Å². The van der Waals surface area contributed by atoms with E-state index < -0.39 is 24.2 Å². The van der Waals surface area contributed by atoms with Crippen LogP contribution in [-0.2, 0) is 15.7 Å². The van der Waals surface area contributed by atoms with Crippen LogP contribution < -0.4 is 10.1 Å². The Bertz CT molecular complexity index is 1340. The molecule has 1 aliphatic heterocycles. The largest absolute Gasteiger partial charge is 0.495 e. The molecule has 0 saturated heterocycles.